The maximum Gasteiger partial charge on any atom is 0.0937 e. The van der Waals surface area contributed by atoms with Crippen LogP contribution < -0.4 is 5.73 Å². The highest BCUT2D eigenvalue weighted by molar-refractivity contribution is 7.09. The number of rotatable bonds is 5. The monoisotopic (exact) mass is 196 g/mol. The van der Waals surface area contributed by atoms with Crippen molar-refractivity contribution in [2.75, 3.05) is 6.54 Å². The first-order valence-corrected chi connectivity index (χ1v) is 5.52. The zero-order chi connectivity index (χ0) is 9.52. The quantitative estimate of drug-likeness (QED) is 0.570. The molecule has 0 fully saturated rings. The lowest BCUT2D eigenvalue weighted by Crippen LogP contribution is -2.11. The van der Waals surface area contributed by atoms with Gasteiger partial charge in [-0.15, -0.1) is 11.3 Å². The van der Waals surface area contributed by atoms with E-state index in [0.29, 0.717) is 0 Å². The first-order chi connectivity index (χ1) is 6.33. The van der Waals surface area contributed by atoms with Crippen molar-refractivity contribution in [3.05, 3.63) is 22.4 Å². The average molecular weight is 196 g/mol. The topological polar surface area (TPSA) is 38.4 Å². The summed E-state index contributed by atoms with van der Waals surface area (Å²) < 4.78 is 0. The van der Waals surface area contributed by atoms with Gasteiger partial charge in [0.05, 0.1) is 5.84 Å². The van der Waals surface area contributed by atoms with Gasteiger partial charge in [-0.2, -0.15) is 0 Å². The van der Waals surface area contributed by atoms with Crippen LogP contribution in [-0.4, -0.2) is 12.4 Å². The molecule has 0 aromatic carbocycles. The predicted molar refractivity (Wildman–Crippen MR) is 59.4 cm³/mol. The van der Waals surface area contributed by atoms with Crippen LogP contribution in [0.1, 0.15) is 24.6 Å². The molecular formula is C10H16N2S. The van der Waals surface area contributed by atoms with Gasteiger partial charge < -0.3 is 5.73 Å². The van der Waals surface area contributed by atoms with Crippen LogP contribution in [0.4, 0.5) is 0 Å². The molecule has 72 valence electrons. The Morgan fingerprint density at radius 3 is 3.08 bits per heavy atom. The second-order valence-corrected chi connectivity index (χ2v) is 3.98. The summed E-state index contributed by atoms with van der Waals surface area (Å²) in [4.78, 5) is 5.67. The molecule has 2 nitrogen and oxygen atoms in total. The Morgan fingerprint density at radius 2 is 2.46 bits per heavy atom. The third-order valence-electron chi connectivity index (χ3n) is 1.76. The zero-order valence-corrected chi connectivity index (χ0v) is 8.81. The van der Waals surface area contributed by atoms with E-state index in [0.717, 1.165) is 31.6 Å². The average Bonchev–Trinajstić information content (AvgIpc) is 2.57. The lowest BCUT2D eigenvalue weighted by Gasteiger charge is -1.97. The largest absolute Gasteiger partial charge is 0.387 e. The molecule has 1 heterocycles. The van der Waals surface area contributed by atoms with Crippen LogP contribution in [-0.2, 0) is 6.42 Å². The summed E-state index contributed by atoms with van der Waals surface area (Å²) in [7, 11) is 0. The summed E-state index contributed by atoms with van der Waals surface area (Å²) in [5.74, 6) is 0.791. The molecule has 0 atom stereocenters. The van der Waals surface area contributed by atoms with E-state index in [-0.39, 0.29) is 0 Å². The van der Waals surface area contributed by atoms with Gasteiger partial charge in [0, 0.05) is 24.3 Å². The van der Waals surface area contributed by atoms with Gasteiger partial charge in [-0.25, -0.2) is 0 Å². The number of hydrogen-bond acceptors (Lipinski definition) is 2. The van der Waals surface area contributed by atoms with Crippen molar-refractivity contribution in [2.24, 2.45) is 10.7 Å². The van der Waals surface area contributed by atoms with Crippen molar-refractivity contribution in [3.63, 3.8) is 0 Å². The van der Waals surface area contributed by atoms with Gasteiger partial charge in [-0.3, -0.25) is 4.99 Å². The fraction of sp³-hybridized carbons (Fsp3) is 0.500. The second-order valence-electron chi connectivity index (χ2n) is 2.95. The number of nitrogens with two attached hydrogens (primary N) is 1. The molecule has 0 radical (unpaired) electrons. The first-order valence-electron chi connectivity index (χ1n) is 4.64. The Labute approximate surface area is 83.5 Å². The van der Waals surface area contributed by atoms with Crippen LogP contribution in [0.15, 0.2) is 22.5 Å². The highest BCUT2D eigenvalue weighted by atomic mass is 32.1. The molecule has 1 rings (SSSR count). The Morgan fingerprint density at radius 1 is 1.62 bits per heavy atom. The molecule has 0 amide bonds. The van der Waals surface area contributed by atoms with Crippen molar-refractivity contribution >= 4 is 17.2 Å². The molecule has 0 aliphatic heterocycles. The molecule has 0 unspecified atom stereocenters. The number of aliphatic imine (C=N–C) groups is 1. The van der Waals surface area contributed by atoms with Gasteiger partial charge in [0.15, 0.2) is 0 Å². The van der Waals surface area contributed by atoms with Gasteiger partial charge in [-0.05, 0) is 17.9 Å². The van der Waals surface area contributed by atoms with Crippen LogP contribution >= 0.6 is 11.3 Å². The van der Waals surface area contributed by atoms with E-state index < -0.39 is 0 Å². The van der Waals surface area contributed by atoms with Crippen LogP contribution in [0.25, 0.3) is 0 Å². The summed E-state index contributed by atoms with van der Waals surface area (Å²) in [5.41, 5.74) is 5.68. The van der Waals surface area contributed by atoms with E-state index in [2.05, 4.69) is 29.4 Å². The van der Waals surface area contributed by atoms with Gasteiger partial charge in [0.1, 0.15) is 0 Å². The third-order valence-corrected chi connectivity index (χ3v) is 2.70. The standard InChI is InChI=1S/C10H16N2S/c1-2-4-10(11)12-7-6-9-5-3-8-13-9/h3,5,8H,2,4,6-7H2,1H3,(H2,11,12). The van der Waals surface area contributed by atoms with Gasteiger partial charge >= 0.3 is 0 Å². The van der Waals surface area contributed by atoms with E-state index in [9.17, 15) is 0 Å². The fourth-order valence-corrected chi connectivity index (χ4v) is 1.80. The predicted octanol–water partition coefficient (Wildman–Crippen LogP) is 2.45. The SMILES string of the molecule is CCCC(N)=NCCc1cccs1. The lowest BCUT2D eigenvalue weighted by atomic mass is 10.3. The molecule has 0 aliphatic carbocycles. The van der Waals surface area contributed by atoms with Crippen LogP contribution in [0.2, 0.25) is 0 Å². The molecule has 1 aromatic heterocycles. The normalized spacial score (nSPS) is 11.9. The molecule has 0 spiro atoms. The number of nitrogens with zero attached hydrogens (tertiary/aromatic N) is 1. The van der Waals surface area contributed by atoms with Crippen LogP contribution in [0, 0.1) is 0 Å². The maximum absolute atomic E-state index is 5.68. The summed E-state index contributed by atoms with van der Waals surface area (Å²) in [6.45, 7) is 2.94. The van der Waals surface area contributed by atoms with Gasteiger partial charge in [0.2, 0.25) is 0 Å². The number of thiophene rings is 1. The van der Waals surface area contributed by atoms with Crippen molar-refractivity contribution in [1.82, 2.24) is 0 Å². The van der Waals surface area contributed by atoms with Gasteiger partial charge in [-0.1, -0.05) is 13.0 Å². The second kappa shape index (κ2) is 5.75. The van der Waals surface area contributed by atoms with E-state index in [4.69, 9.17) is 5.73 Å². The molecule has 0 aliphatic rings. The lowest BCUT2D eigenvalue weighted by molar-refractivity contribution is 0.935. The minimum atomic E-state index is 0.791. The number of hydrogen-bond donors (Lipinski definition) is 1. The molecule has 2 N–H and O–H groups in total. The Hall–Kier alpha value is -0.830. The molecule has 1 aromatic rings. The molecular weight excluding hydrogens is 180 g/mol. The third kappa shape index (κ3) is 4.08. The van der Waals surface area contributed by atoms with Crippen molar-refractivity contribution in [1.29, 1.82) is 0 Å². The van der Waals surface area contributed by atoms with Crippen molar-refractivity contribution < 1.29 is 0 Å². The van der Waals surface area contributed by atoms with E-state index in [1.165, 1.54) is 4.88 Å². The summed E-state index contributed by atoms with van der Waals surface area (Å²) in [6.07, 6.45) is 3.01. The summed E-state index contributed by atoms with van der Waals surface area (Å²) in [5, 5.41) is 2.09. The molecule has 0 saturated carbocycles. The molecule has 0 saturated heterocycles. The molecule has 3 heteroatoms. The maximum atomic E-state index is 5.68. The number of amidine groups is 1. The molecule has 13 heavy (non-hydrogen) atoms. The summed E-state index contributed by atoms with van der Waals surface area (Å²) >= 11 is 1.78. The van der Waals surface area contributed by atoms with Crippen LogP contribution in [0.5, 0.6) is 0 Å². The summed E-state index contributed by atoms with van der Waals surface area (Å²) in [6, 6.07) is 4.20. The van der Waals surface area contributed by atoms with Gasteiger partial charge in [0.25, 0.3) is 0 Å². The van der Waals surface area contributed by atoms with Crippen molar-refractivity contribution in [2.45, 2.75) is 26.2 Å². The van der Waals surface area contributed by atoms with E-state index >= 15 is 0 Å². The fourth-order valence-electron chi connectivity index (χ4n) is 1.10. The minimum absolute atomic E-state index is 0.791. The Balaban J connectivity index is 2.24. The van der Waals surface area contributed by atoms with E-state index in [1.54, 1.807) is 11.3 Å². The van der Waals surface area contributed by atoms with Crippen LogP contribution in [0.3, 0.4) is 0 Å². The Kier molecular flexibility index (Phi) is 4.54. The smallest absolute Gasteiger partial charge is 0.0937 e. The van der Waals surface area contributed by atoms with E-state index in [1.807, 2.05) is 0 Å². The van der Waals surface area contributed by atoms with Crippen molar-refractivity contribution in [3.8, 4) is 0 Å². The Bertz CT molecular complexity index is 252. The molecule has 0 bridgehead atoms. The highest BCUT2D eigenvalue weighted by Gasteiger charge is 1.93. The first kappa shape index (κ1) is 10.3. The zero-order valence-electron chi connectivity index (χ0n) is 7.99. The minimum Gasteiger partial charge on any atom is -0.387 e. The highest BCUT2D eigenvalue weighted by Crippen LogP contribution is 2.08.